The van der Waals surface area contributed by atoms with Crippen LogP contribution in [-0.2, 0) is 11.2 Å². The molecule has 4 rings (SSSR count). The Bertz CT molecular complexity index is 866. The van der Waals surface area contributed by atoms with E-state index in [0.717, 1.165) is 24.4 Å². The third kappa shape index (κ3) is 3.25. The van der Waals surface area contributed by atoms with Crippen molar-refractivity contribution in [2.24, 2.45) is 5.92 Å². The van der Waals surface area contributed by atoms with Gasteiger partial charge in [0.1, 0.15) is 11.6 Å². The topological polar surface area (TPSA) is 60.2 Å². The van der Waals surface area contributed by atoms with Crippen molar-refractivity contribution in [3.63, 3.8) is 0 Å². The number of imidazole rings is 1. The number of rotatable bonds is 4. The summed E-state index contributed by atoms with van der Waals surface area (Å²) >= 11 is 6.06. The van der Waals surface area contributed by atoms with Crippen molar-refractivity contribution in [3.05, 3.63) is 65.7 Å². The fourth-order valence-corrected chi connectivity index (χ4v) is 3.54. The predicted molar refractivity (Wildman–Crippen MR) is 95.6 cm³/mol. The maximum Gasteiger partial charge on any atom is 0.140 e. The summed E-state index contributed by atoms with van der Waals surface area (Å²) in [5.74, 6) is 1.27. The summed E-state index contributed by atoms with van der Waals surface area (Å²) in [5.41, 5.74) is 2.13. The van der Waals surface area contributed by atoms with Crippen LogP contribution in [0.3, 0.4) is 0 Å². The lowest BCUT2D eigenvalue weighted by Gasteiger charge is -2.21. The van der Waals surface area contributed by atoms with Crippen LogP contribution in [0.5, 0.6) is 5.75 Å². The number of nitrogens with zero attached hydrogens (tertiary/aromatic N) is 3. The minimum Gasteiger partial charge on any atom is -0.506 e. The van der Waals surface area contributed by atoms with Crippen molar-refractivity contribution < 1.29 is 9.84 Å². The Morgan fingerprint density at radius 1 is 1.16 bits per heavy atom. The molecule has 1 aliphatic heterocycles. The second kappa shape index (κ2) is 6.86. The van der Waals surface area contributed by atoms with Gasteiger partial charge in [0, 0.05) is 36.3 Å². The third-order valence-electron chi connectivity index (χ3n) is 4.64. The van der Waals surface area contributed by atoms with Gasteiger partial charge < -0.3 is 14.4 Å². The molecule has 5 nitrogen and oxygen atoms in total. The molecule has 6 heteroatoms. The molecule has 0 amide bonds. The van der Waals surface area contributed by atoms with E-state index < -0.39 is 0 Å². The summed E-state index contributed by atoms with van der Waals surface area (Å²) in [5, 5.41) is 9.97. The first kappa shape index (κ1) is 16.1. The zero-order valence-electron chi connectivity index (χ0n) is 13.5. The van der Waals surface area contributed by atoms with Gasteiger partial charge in [-0.1, -0.05) is 11.6 Å². The fraction of sp³-hybridized carbons (Fsp3) is 0.263. The van der Waals surface area contributed by atoms with Crippen molar-refractivity contribution in [2.75, 3.05) is 13.2 Å². The smallest absolute Gasteiger partial charge is 0.140 e. The van der Waals surface area contributed by atoms with Gasteiger partial charge in [0.2, 0.25) is 0 Å². The Labute approximate surface area is 150 Å². The molecule has 128 valence electrons. The van der Waals surface area contributed by atoms with Crippen LogP contribution in [0.1, 0.15) is 11.6 Å². The number of benzene rings is 1. The highest BCUT2D eigenvalue weighted by Crippen LogP contribution is 2.34. The van der Waals surface area contributed by atoms with Crippen LogP contribution in [0, 0.1) is 5.92 Å². The van der Waals surface area contributed by atoms with Gasteiger partial charge in [0.25, 0.3) is 0 Å². The maximum absolute atomic E-state index is 9.64. The highest BCUT2D eigenvalue weighted by Gasteiger charge is 2.31. The second-order valence-electron chi connectivity index (χ2n) is 6.25. The van der Waals surface area contributed by atoms with Gasteiger partial charge in [-0.3, -0.25) is 4.98 Å². The van der Waals surface area contributed by atoms with Crippen LogP contribution in [-0.4, -0.2) is 32.9 Å². The number of phenolic OH excluding ortho intramolecular Hbond substituents is 1. The molecule has 3 aromatic rings. The van der Waals surface area contributed by atoms with Crippen LogP contribution in [0.4, 0.5) is 0 Å². The lowest BCUT2D eigenvalue weighted by molar-refractivity contribution is 0.181. The zero-order valence-corrected chi connectivity index (χ0v) is 14.3. The minimum atomic E-state index is 0.0725. The number of pyridine rings is 1. The van der Waals surface area contributed by atoms with Gasteiger partial charge in [-0.05, 0) is 42.3 Å². The van der Waals surface area contributed by atoms with E-state index in [0.29, 0.717) is 17.5 Å². The molecule has 2 aromatic heterocycles. The molecule has 25 heavy (non-hydrogen) atoms. The van der Waals surface area contributed by atoms with E-state index in [1.165, 1.54) is 5.56 Å². The molecule has 0 radical (unpaired) electrons. The van der Waals surface area contributed by atoms with Crippen LogP contribution in [0.25, 0.3) is 11.4 Å². The van der Waals surface area contributed by atoms with Crippen molar-refractivity contribution in [1.29, 1.82) is 0 Å². The average molecular weight is 356 g/mol. The van der Waals surface area contributed by atoms with Crippen molar-refractivity contribution in [2.45, 2.75) is 12.5 Å². The molecule has 1 saturated heterocycles. The standard InChI is InChI=1S/C19H18ClN3O2/c20-16-10-14(1-2-18(16)24)19-22-7-8-23(19)17-12-25-11-15(17)9-13-3-5-21-6-4-13/h1-8,10,15,17,24H,9,11-12H2/t15-,17+/m0/s1. The Morgan fingerprint density at radius 3 is 2.80 bits per heavy atom. The number of phenols is 1. The monoisotopic (exact) mass is 355 g/mol. The fourth-order valence-electron chi connectivity index (χ4n) is 3.36. The van der Waals surface area contributed by atoms with Crippen LogP contribution in [0.15, 0.2) is 55.1 Å². The van der Waals surface area contributed by atoms with Crippen LogP contribution < -0.4 is 0 Å². The Hall–Kier alpha value is -2.37. The number of halogens is 1. The molecule has 1 aromatic carbocycles. The molecular weight excluding hydrogens is 338 g/mol. The molecule has 0 unspecified atom stereocenters. The van der Waals surface area contributed by atoms with E-state index in [4.69, 9.17) is 16.3 Å². The van der Waals surface area contributed by atoms with Crippen molar-refractivity contribution >= 4 is 11.6 Å². The van der Waals surface area contributed by atoms with Crippen LogP contribution in [0.2, 0.25) is 5.02 Å². The number of hydrogen-bond acceptors (Lipinski definition) is 4. The molecule has 1 aliphatic rings. The zero-order chi connectivity index (χ0) is 17.2. The Morgan fingerprint density at radius 2 is 2.00 bits per heavy atom. The minimum absolute atomic E-state index is 0.0725. The van der Waals surface area contributed by atoms with E-state index in [2.05, 4.69) is 14.5 Å². The number of ether oxygens (including phenoxy) is 1. The summed E-state index contributed by atoms with van der Waals surface area (Å²) < 4.78 is 7.92. The molecule has 1 fully saturated rings. The highest BCUT2D eigenvalue weighted by atomic mass is 35.5. The molecule has 0 aliphatic carbocycles. The largest absolute Gasteiger partial charge is 0.506 e. The molecule has 0 bridgehead atoms. The van der Waals surface area contributed by atoms with Crippen LogP contribution >= 0.6 is 11.6 Å². The van der Waals surface area contributed by atoms with Gasteiger partial charge in [-0.15, -0.1) is 0 Å². The first-order chi connectivity index (χ1) is 12.2. The average Bonchev–Trinajstić information content (AvgIpc) is 3.27. The Kier molecular flexibility index (Phi) is 4.42. The van der Waals surface area contributed by atoms with E-state index in [1.54, 1.807) is 18.3 Å². The summed E-state index contributed by atoms with van der Waals surface area (Å²) in [6.07, 6.45) is 8.34. The number of aromatic hydroxyl groups is 1. The number of hydrogen-bond donors (Lipinski definition) is 1. The van der Waals surface area contributed by atoms with Gasteiger partial charge in [-0.2, -0.15) is 0 Å². The summed E-state index contributed by atoms with van der Waals surface area (Å²) in [7, 11) is 0. The predicted octanol–water partition coefficient (Wildman–Crippen LogP) is 3.73. The molecule has 1 N–H and O–H groups in total. The third-order valence-corrected chi connectivity index (χ3v) is 4.95. The molecule has 0 saturated carbocycles. The molecule has 0 spiro atoms. The second-order valence-corrected chi connectivity index (χ2v) is 6.66. The lowest BCUT2D eigenvalue weighted by atomic mass is 9.95. The van der Waals surface area contributed by atoms with Crippen molar-refractivity contribution in [3.8, 4) is 17.1 Å². The Balaban J connectivity index is 1.63. The van der Waals surface area contributed by atoms with E-state index in [-0.39, 0.29) is 11.8 Å². The quantitative estimate of drug-likeness (QED) is 0.774. The molecule has 3 heterocycles. The molecule has 2 atom stereocenters. The first-order valence-electron chi connectivity index (χ1n) is 8.21. The van der Waals surface area contributed by atoms with Gasteiger partial charge in [0.15, 0.2) is 0 Å². The van der Waals surface area contributed by atoms with Gasteiger partial charge >= 0.3 is 0 Å². The SMILES string of the molecule is Oc1ccc(-c2nccn2[C@@H]2COC[C@@H]2Cc2ccncc2)cc1Cl. The van der Waals surface area contributed by atoms with E-state index in [1.807, 2.05) is 36.8 Å². The summed E-state index contributed by atoms with van der Waals surface area (Å²) in [4.78, 5) is 8.58. The van der Waals surface area contributed by atoms with Gasteiger partial charge in [0.05, 0.1) is 24.3 Å². The first-order valence-corrected chi connectivity index (χ1v) is 8.58. The van der Waals surface area contributed by atoms with E-state index >= 15 is 0 Å². The maximum atomic E-state index is 9.64. The van der Waals surface area contributed by atoms with Crippen molar-refractivity contribution in [1.82, 2.24) is 14.5 Å². The molecular formula is C19H18ClN3O2. The lowest BCUT2D eigenvalue weighted by Crippen LogP contribution is -2.20. The number of aromatic nitrogens is 3. The highest BCUT2D eigenvalue weighted by molar-refractivity contribution is 6.32. The van der Waals surface area contributed by atoms with Gasteiger partial charge in [-0.25, -0.2) is 4.98 Å². The summed E-state index contributed by atoms with van der Waals surface area (Å²) in [6, 6.07) is 9.46. The normalized spacial score (nSPS) is 20.0. The summed E-state index contributed by atoms with van der Waals surface area (Å²) in [6.45, 7) is 1.38. The van der Waals surface area contributed by atoms with E-state index in [9.17, 15) is 5.11 Å².